The first kappa shape index (κ1) is 26.0. The number of pyridine rings is 1. The minimum atomic E-state index is -4.43. The van der Waals surface area contributed by atoms with E-state index in [2.05, 4.69) is 14.9 Å². The Morgan fingerprint density at radius 2 is 1.79 bits per heavy atom. The Labute approximate surface area is 218 Å². The second kappa shape index (κ2) is 9.90. The molecule has 6 nitrogen and oxygen atoms in total. The number of alkyl halides is 3. The molecule has 1 fully saturated rings. The number of fused-ring (bicyclic) bond motifs is 1. The summed E-state index contributed by atoms with van der Waals surface area (Å²) in [7, 11) is -3.28. The summed E-state index contributed by atoms with van der Waals surface area (Å²) >= 11 is 0. The van der Waals surface area contributed by atoms with Crippen LogP contribution in [0, 0.1) is 0 Å². The van der Waals surface area contributed by atoms with Gasteiger partial charge in [-0.2, -0.15) is 13.2 Å². The van der Waals surface area contributed by atoms with E-state index in [9.17, 15) is 26.4 Å². The second-order valence-corrected chi connectivity index (χ2v) is 11.7. The van der Waals surface area contributed by atoms with E-state index in [0.29, 0.717) is 23.7 Å². The number of nitrogens with zero attached hydrogens (tertiary/aromatic N) is 2. The molecule has 1 saturated carbocycles. The maximum atomic E-state index is 12.9. The molecule has 1 N–H and O–H groups in total. The summed E-state index contributed by atoms with van der Waals surface area (Å²) in [6.45, 7) is 1.84. The zero-order valence-electron chi connectivity index (χ0n) is 20.6. The lowest BCUT2D eigenvalue weighted by Crippen LogP contribution is -2.22. The molecule has 0 saturated heterocycles. The number of halogens is 3. The van der Waals surface area contributed by atoms with Crippen molar-refractivity contribution in [3.05, 3.63) is 94.9 Å². The molecule has 2 heterocycles. The van der Waals surface area contributed by atoms with Crippen molar-refractivity contribution in [1.29, 1.82) is 0 Å². The lowest BCUT2D eigenvalue weighted by molar-refractivity contribution is -0.137. The first-order valence-electron chi connectivity index (χ1n) is 12.3. The highest BCUT2D eigenvalue weighted by atomic mass is 32.2. The molecule has 38 heavy (non-hydrogen) atoms. The summed E-state index contributed by atoms with van der Waals surface area (Å²) in [6.07, 6.45) is -1.13. The zero-order chi connectivity index (χ0) is 27.1. The van der Waals surface area contributed by atoms with Gasteiger partial charge in [-0.05, 0) is 66.9 Å². The van der Waals surface area contributed by atoms with E-state index < -0.39 is 21.6 Å². The molecule has 1 amide bonds. The fourth-order valence-corrected chi connectivity index (χ4v) is 5.37. The van der Waals surface area contributed by atoms with E-state index in [1.807, 2.05) is 18.2 Å². The third-order valence-electron chi connectivity index (χ3n) is 6.72. The van der Waals surface area contributed by atoms with Crippen LogP contribution in [-0.2, 0) is 29.0 Å². The normalized spacial score (nSPS) is 14.1. The maximum Gasteiger partial charge on any atom is 0.417 e. The quantitative estimate of drug-likeness (QED) is 0.310. The summed E-state index contributed by atoms with van der Waals surface area (Å²) in [5, 5.41) is 3.74. The van der Waals surface area contributed by atoms with Crippen LogP contribution < -0.4 is 5.32 Å². The summed E-state index contributed by atoms with van der Waals surface area (Å²) in [5.74, 6) is -0.237. The van der Waals surface area contributed by atoms with Crippen molar-refractivity contribution < 1.29 is 26.4 Å². The van der Waals surface area contributed by atoms with Crippen LogP contribution in [0.3, 0.4) is 0 Å². The van der Waals surface area contributed by atoms with Crippen LogP contribution in [0.25, 0.3) is 10.9 Å². The molecule has 0 aliphatic heterocycles. The Morgan fingerprint density at radius 3 is 2.39 bits per heavy atom. The highest BCUT2D eigenvalue weighted by Gasteiger charge is 2.31. The minimum absolute atomic E-state index is 0.0244. The van der Waals surface area contributed by atoms with Gasteiger partial charge in [-0.1, -0.05) is 19.1 Å². The van der Waals surface area contributed by atoms with E-state index >= 15 is 0 Å². The Hall–Kier alpha value is -3.66. The van der Waals surface area contributed by atoms with Crippen molar-refractivity contribution in [2.45, 2.75) is 49.8 Å². The van der Waals surface area contributed by atoms with Crippen LogP contribution in [0.5, 0.6) is 0 Å². The van der Waals surface area contributed by atoms with Gasteiger partial charge in [0.1, 0.15) is 0 Å². The van der Waals surface area contributed by atoms with E-state index in [4.69, 9.17) is 0 Å². The Kier molecular flexibility index (Phi) is 6.77. The minimum Gasteiger partial charge on any atom is -0.348 e. The monoisotopic (exact) mass is 541 g/mol. The first-order chi connectivity index (χ1) is 18.0. The summed E-state index contributed by atoms with van der Waals surface area (Å²) < 4.78 is 64.8. The molecule has 198 valence electrons. The topological polar surface area (TPSA) is 81.1 Å². The standard InChI is InChI=1S/C28H26F3N3O3S/c1-2-38(36,37)25-10-3-18(4-11-25)16-33-27(35)19-5-12-26-20(13-19)14-24(34(26)23-8-9-23)15-22-7-6-21(17-32-22)28(29,30)31/h3-7,10-14,17,23H,2,8-9,15-16H2,1H3,(H,33,35). The number of hydrogen-bond donors (Lipinski definition) is 1. The Bertz CT molecular complexity index is 1590. The SMILES string of the molecule is CCS(=O)(=O)c1ccc(CNC(=O)c2ccc3c(c2)cc(Cc2ccc(C(F)(F)F)cn2)n3C2CC2)cc1. The lowest BCUT2D eigenvalue weighted by atomic mass is 10.1. The molecule has 0 radical (unpaired) electrons. The van der Waals surface area contributed by atoms with Crippen molar-refractivity contribution >= 4 is 26.6 Å². The molecule has 2 aromatic carbocycles. The number of hydrogen-bond acceptors (Lipinski definition) is 4. The number of nitrogens with one attached hydrogen (secondary N) is 1. The average molecular weight is 542 g/mol. The van der Waals surface area contributed by atoms with E-state index in [-0.39, 0.29) is 23.1 Å². The smallest absolute Gasteiger partial charge is 0.348 e. The summed E-state index contributed by atoms with van der Waals surface area (Å²) in [4.78, 5) is 17.1. The summed E-state index contributed by atoms with van der Waals surface area (Å²) in [5.41, 5.74) is 2.93. The Balaban J connectivity index is 1.33. The van der Waals surface area contributed by atoms with Crippen LogP contribution in [-0.4, -0.2) is 29.6 Å². The van der Waals surface area contributed by atoms with Gasteiger partial charge in [0.2, 0.25) is 0 Å². The molecule has 0 atom stereocenters. The molecule has 2 aromatic heterocycles. The van der Waals surface area contributed by atoms with Gasteiger partial charge >= 0.3 is 6.18 Å². The fourth-order valence-electron chi connectivity index (χ4n) is 4.48. The molecular weight excluding hydrogens is 515 g/mol. The van der Waals surface area contributed by atoms with Crippen LogP contribution in [0.1, 0.15) is 58.7 Å². The van der Waals surface area contributed by atoms with E-state index in [1.54, 1.807) is 37.3 Å². The average Bonchev–Trinajstić information content (AvgIpc) is 3.67. The number of aromatic nitrogens is 2. The molecule has 10 heteroatoms. The second-order valence-electron chi connectivity index (χ2n) is 9.45. The zero-order valence-corrected chi connectivity index (χ0v) is 21.4. The number of rotatable bonds is 8. The molecule has 0 bridgehead atoms. The molecule has 4 aromatic rings. The fraction of sp³-hybridized carbons (Fsp3) is 0.286. The van der Waals surface area contributed by atoms with Gasteiger partial charge in [-0.15, -0.1) is 0 Å². The van der Waals surface area contributed by atoms with Crippen molar-refractivity contribution in [2.24, 2.45) is 0 Å². The number of sulfone groups is 1. The molecule has 5 rings (SSSR count). The highest BCUT2D eigenvalue weighted by Crippen LogP contribution is 2.40. The highest BCUT2D eigenvalue weighted by molar-refractivity contribution is 7.91. The molecule has 0 spiro atoms. The lowest BCUT2D eigenvalue weighted by Gasteiger charge is -2.11. The number of carbonyl (C=O) groups excluding carboxylic acids is 1. The van der Waals surface area contributed by atoms with Gasteiger partial charge in [-0.3, -0.25) is 9.78 Å². The predicted octanol–water partition coefficient (Wildman–Crippen LogP) is 5.70. The Morgan fingerprint density at radius 1 is 1.05 bits per heavy atom. The molecule has 0 unspecified atom stereocenters. The third kappa shape index (κ3) is 5.45. The molecular formula is C28H26F3N3O3S. The first-order valence-corrected chi connectivity index (χ1v) is 14.0. The van der Waals surface area contributed by atoms with Crippen molar-refractivity contribution in [3.63, 3.8) is 0 Å². The van der Waals surface area contributed by atoms with Gasteiger partial charge < -0.3 is 9.88 Å². The number of benzene rings is 2. The van der Waals surface area contributed by atoms with Gasteiger partial charge in [0.15, 0.2) is 9.84 Å². The van der Waals surface area contributed by atoms with Crippen LogP contribution in [0.2, 0.25) is 0 Å². The summed E-state index contributed by atoms with van der Waals surface area (Å²) in [6, 6.07) is 16.7. The predicted molar refractivity (Wildman–Crippen MR) is 138 cm³/mol. The largest absolute Gasteiger partial charge is 0.417 e. The number of amides is 1. The van der Waals surface area contributed by atoms with Gasteiger partial charge in [0.05, 0.1) is 16.2 Å². The maximum absolute atomic E-state index is 12.9. The van der Waals surface area contributed by atoms with Gasteiger partial charge in [0.25, 0.3) is 5.91 Å². The van der Waals surface area contributed by atoms with Crippen LogP contribution in [0.15, 0.2) is 71.8 Å². The van der Waals surface area contributed by atoms with Gasteiger partial charge in [-0.25, -0.2) is 8.42 Å². The van der Waals surface area contributed by atoms with Crippen LogP contribution in [0.4, 0.5) is 13.2 Å². The molecule has 1 aliphatic rings. The van der Waals surface area contributed by atoms with Crippen molar-refractivity contribution in [1.82, 2.24) is 14.9 Å². The van der Waals surface area contributed by atoms with Crippen molar-refractivity contribution in [3.8, 4) is 0 Å². The van der Waals surface area contributed by atoms with E-state index in [1.165, 1.54) is 6.07 Å². The van der Waals surface area contributed by atoms with Crippen molar-refractivity contribution in [2.75, 3.05) is 5.75 Å². The van der Waals surface area contributed by atoms with E-state index in [0.717, 1.165) is 47.3 Å². The third-order valence-corrected chi connectivity index (χ3v) is 8.47. The van der Waals surface area contributed by atoms with Crippen LogP contribution >= 0.6 is 0 Å². The number of carbonyl (C=O) groups is 1. The van der Waals surface area contributed by atoms with Gasteiger partial charge in [0, 0.05) is 53.1 Å². The molecule has 1 aliphatic carbocycles.